The highest BCUT2D eigenvalue weighted by Crippen LogP contribution is 2.42. The number of nitrogens with zero attached hydrogens (tertiary/aromatic N) is 1. The molecule has 2 heterocycles. The van der Waals surface area contributed by atoms with Crippen LogP contribution < -0.4 is 4.74 Å². The Labute approximate surface area is 109 Å². The van der Waals surface area contributed by atoms with Gasteiger partial charge >= 0.3 is 0 Å². The zero-order valence-corrected chi connectivity index (χ0v) is 10.5. The molecule has 94 valence electrons. The molecule has 1 unspecified atom stereocenters. The van der Waals surface area contributed by atoms with Crippen LogP contribution in [0.3, 0.4) is 0 Å². The van der Waals surface area contributed by atoms with Crippen molar-refractivity contribution in [2.45, 2.75) is 18.6 Å². The van der Waals surface area contributed by atoms with Gasteiger partial charge in [0.15, 0.2) is 0 Å². The number of thiazole rings is 1. The third kappa shape index (κ3) is 1.71. The summed E-state index contributed by atoms with van der Waals surface area (Å²) in [5, 5.41) is 22.3. The van der Waals surface area contributed by atoms with E-state index in [1.807, 2.05) is 24.3 Å². The molecule has 5 heteroatoms. The van der Waals surface area contributed by atoms with Gasteiger partial charge in [-0.3, -0.25) is 0 Å². The van der Waals surface area contributed by atoms with Crippen LogP contribution in [0.1, 0.15) is 22.7 Å². The van der Waals surface area contributed by atoms with Gasteiger partial charge in [0.05, 0.1) is 18.9 Å². The minimum absolute atomic E-state index is 0.106. The summed E-state index contributed by atoms with van der Waals surface area (Å²) in [6, 6.07) is 7.46. The van der Waals surface area contributed by atoms with Gasteiger partial charge in [0.1, 0.15) is 16.4 Å². The first-order valence-corrected chi connectivity index (χ1v) is 6.62. The van der Waals surface area contributed by atoms with Crippen molar-refractivity contribution in [1.82, 2.24) is 4.98 Å². The molecule has 4 nitrogen and oxygen atoms in total. The lowest BCUT2D eigenvalue weighted by atomic mass is 9.89. The van der Waals surface area contributed by atoms with E-state index in [9.17, 15) is 5.11 Å². The van der Waals surface area contributed by atoms with Gasteiger partial charge in [-0.25, -0.2) is 4.98 Å². The first-order chi connectivity index (χ1) is 8.74. The van der Waals surface area contributed by atoms with Gasteiger partial charge in [0.2, 0.25) is 0 Å². The molecule has 1 aliphatic heterocycles. The smallest absolute Gasteiger partial charge is 0.148 e. The second-order valence-corrected chi connectivity index (χ2v) is 5.12. The average Bonchev–Trinajstić information content (AvgIpc) is 2.89. The molecule has 18 heavy (non-hydrogen) atoms. The number of aromatic nitrogens is 1. The number of aliphatic hydroxyl groups excluding tert-OH is 1. The Hall–Kier alpha value is -1.43. The van der Waals surface area contributed by atoms with Gasteiger partial charge in [0, 0.05) is 17.4 Å². The van der Waals surface area contributed by atoms with Gasteiger partial charge < -0.3 is 14.9 Å². The molecule has 0 saturated carbocycles. The Morgan fingerprint density at radius 1 is 1.39 bits per heavy atom. The fourth-order valence-electron chi connectivity index (χ4n) is 2.17. The van der Waals surface area contributed by atoms with Crippen LogP contribution in [-0.4, -0.2) is 21.8 Å². The Kier molecular flexibility index (Phi) is 2.81. The highest BCUT2D eigenvalue weighted by atomic mass is 32.1. The molecule has 1 aromatic heterocycles. The minimum atomic E-state index is -1.10. The largest absolute Gasteiger partial charge is 0.493 e. The van der Waals surface area contributed by atoms with E-state index < -0.39 is 5.60 Å². The summed E-state index contributed by atoms with van der Waals surface area (Å²) >= 11 is 1.37. The van der Waals surface area contributed by atoms with Gasteiger partial charge in [-0.2, -0.15) is 0 Å². The molecule has 0 spiro atoms. The zero-order chi connectivity index (χ0) is 12.6. The van der Waals surface area contributed by atoms with Crippen LogP contribution in [0.15, 0.2) is 29.6 Å². The summed E-state index contributed by atoms with van der Waals surface area (Å²) in [5.74, 6) is 0.701. The van der Waals surface area contributed by atoms with Crippen molar-refractivity contribution in [2.75, 3.05) is 6.61 Å². The Morgan fingerprint density at radius 3 is 3.00 bits per heavy atom. The van der Waals surface area contributed by atoms with Crippen LogP contribution in [0.25, 0.3) is 0 Å². The Bertz CT molecular complexity index is 569. The molecule has 3 rings (SSSR count). The van der Waals surface area contributed by atoms with E-state index in [1.54, 1.807) is 5.38 Å². The fraction of sp³-hybridized carbons (Fsp3) is 0.308. The maximum atomic E-state index is 10.9. The number of ether oxygens (including phenoxy) is 1. The number of para-hydroxylation sites is 1. The van der Waals surface area contributed by atoms with Crippen molar-refractivity contribution in [2.24, 2.45) is 0 Å². The molecule has 1 aliphatic rings. The summed E-state index contributed by atoms with van der Waals surface area (Å²) < 4.78 is 5.54. The van der Waals surface area contributed by atoms with Crippen molar-refractivity contribution in [1.29, 1.82) is 0 Å². The lowest BCUT2D eigenvalue weighted by molar-refractivity contribution is 0.0344. The van der Waals surface area contributed by atoms with E-state index in [-0.39, 0.29) is 6.61 Å². The topological polar surface area (TPSA) is 62.6 Å². The van der Waals surface area contributed by atoms with Crippen LogP contribution in [0.2, 0.25) is 0 Å². The third-order valence-corrected chi connectivity index (χ3v) is 4.16. The third-order valence-electron chi connectivity index (χ3n) is 3.12. The van der Waals surface area contributed by atoms with Gasteiger partial charge in [-0.15, -0.1) is 11.3 Å². The molecule has 0 fully saturated rings. The van der Waals surface area contributed by atoms with Crippen LogP contribution in [0, 0.1) is 0 Å². The molecule has 2 aromatic rings. The Balaban J connectivity index is 2.10. The lowest BCUT2D eigenvalue weighted by Gasteiger charge is -2.32. The summed E-state index contributed by atoms with van der Waals surface area (Å²) in [5.41, 5.74) is 0.231. The Morgan fingerprint density at radius 2 is 2.22 bits per heavy atom. The summed E-state index contributed by atoms with van der Waals surface area (Å²) in [7, 11) is 0. The average molecular weight is 263 g/mol. The number of hydrogen-bond donors (Lipinski definition) is 2. The highest BCUT2D eigenvalue weighted by Gasteiger charge is 2.39. The monoisotopic (exact) mass is 263 g/mol. The molecule has 0 amide bonds. The van der Waals surface area contributed by atoms with Crippen LogP contribution in [0.4, 0.5) is 0 Å². The molecular formula is C13H13NO3S. The van der Waals surface area contributed by atoms with Crippen LogP contribution >= 0.6 is 11.3 Å². The van der Waals surface area contributed by atoms with Crippen molar-refractivity contribution in [3.8, 4) is 5.75 Å². The van der Waals surface area contributed by atoms with Gasteiger partial charge in [-0.1, -0.05) is 18.2 Å². The maximum Gasteiger partial charge on any atom is 0.148 e. The van der Waals surface area contributed by atoms with E-state index >= 15 is 0 Å². The van der Waals surface area contributed by atoms with E-state index in [0.29, 0.717) is 29.5 Å². The summed E-state index contributed by atoms with van der Waals surface area (Å²) in [6.07, 6.45) is 0.475. The molecule has 0 aliphatic carbocycles. The number of fused-ring (bicyclic) bond motifs is 1. The molecule has 1 atom stereocenters. The van der Waals surface area contributed by atoms with Gasteiger partial charge in [0.25, 0.3) is 0 Å². The van der Waals surface area contributed by atoms with E-state index in [1.165, 1.54) is 11.3 Å². The predicted octanol–water partition coefficient (Wildman–Crippen LogP) is 1.65. The number of hydrogen-bond acceptors (Lipinski definition) is 5. The quantitative estimate of drug-likeness (QED) is 0.865. The van der Waals surface area contributed by atoms with Gasteiger partial charge in [-0.05, 0) is 6.07 Å². The van der Waals surface area contributed by atoms with Crippen molar-refractivity contribution in [3.05, 3.63) is 45.9 Å². The first kappa shape index (κ1) is 11.6. The zero-order valence-electron chi connectivity index (χ0n) is 9.67. The summed E-state index contributed by atoms with van der Waals surface area (Å²) in [6.45, 7) is 0.353. The fourth-order valence-corrected chi connectivity index (χ4v) is 3.12. The number of rotatable bonds is 2. The maximum absolute atomic E-state index is 10.9. The summed E-state index contributed by atoms with van der Waals surface area (Å²) in [4.78, 5) is 4.29. The van der Waals surface area contributed by atoms with Crippen molar-refractivity contribution >= 4 is 11.3 Å². The second kappa shape index (κ2) is 4.35. The van der Waals surface area contributed by atoms with E-state index in [4.69, 9.17) is 9.84 Å². The van der Waals surface area contributed by atoms with E-state index in [0.717, 1.165) is 5.56 Å². The molecular weight excluding hydrogens is 250 g/mol. The van der Waals surface area contributed by atoms with Crippen molar-refractivity contribution in [3.63, 3.8) is 0 Å². The van der Waals surface area contributed by atoms with Crippen molar-refractivity contribution < 1.29 is 14.9 Å². The second-order valence-electron chi connectivity index (χ2n) is 4.26. The number of aliphatic hydroxyl groups is 2. The molecule has 0 bridgehead atoms. The number of benzene rings is 1. The normalized spacial score (nSPS) is 22.3. The minimum Gasteiger partial charge on any atom is -0.493 e. The van der Waals surface area contributed by atoms with Crippen LogP contribution in [0.5, 0.6) is 5.75 Å². The van der Waals surface area contributed by atoms with E-state index in [2.05, 4.69) is 4.98 Å². The molecule has 1 aromatic carbocycles. The predicted molar refractivity (Wildman–Crippen MR) is 67.6 cm³/mol. The molecule has 0 saturated heterocycles. The molecule has 0 radical (unpaired) electrons. The molecule has 2 N–H and O–H groups in total. The highest BCUT2D eigenvalue weighted by molar-refractivity contribution is 7.09. The standard InChI is InChI=1S/C13H13NO3S/c15-7-9-8-18-12(14-9)13(16)5-6-17-11-4-2-1-3-10(11)13/h1-4,8,15-16H,5-7H2. The lowest BCUT2D eigenvalue weighted by Crippen LogP contribution is -2.33. The van der Waals surface area contributed by atoms with Crippen LogP contribution in [-0.2, 0) is 12.2 Å². The first-order valence-electron chi connectivity index (χ1n) is 5.74. The SMILES string of the molecule is OCc1csc(C2(O)CCOc3ccccc32)n1.